The number of carbonyl (C=O) groups excluding carboxylic acids is 1. The fourth-order valence-electron chi connectivity index (χ4n) is 15.4. The number of aromatic nitrogens is 2. The van der Waals surface area contributed by atoms with Crippen LogP contribution in [0.5, 0.6) is 5.88 Å². The summed E-state index contributed by atoms with van der Waals surface area (Å²) in [6.45, 7) is 25.8. The fraction of sp³-hybridized carbons (Fsp3) is 0.776. The highest BCUT2D eigenvalue weighted by atomic mass is 32.2. The number of rotatable bonds is 11. The molecular formula is C49H74N4O5S. The number of allylic oxidation sites excluding steroid dienone is 5. The van der Waals surface area contributed by atoms with Crippen molar-refractivity contribution in [2.75, 3.05) is 50.9 Å². The molecule has 0 unspecified atom stereocenters. The maximum Gasteiger partial charge on any atom is 0.315 e. The third kappa shape index (κ3) is 7.19. The van der Waals surface area contributed by atoms with Gasteiger partial charge in [0.1, 0.15) is 18.3 Å². The van der Waals surface area contributed by atoms with Gasteiger partial charge in [-0.15, -0.1) is 0 Å². The van der Waals surface area contributed by atoms with E-state index in [2.05, 4.69) is 80.5 Å². The summed E-state index contributed by atoms with van der Waals surface area (Å²) in [7, 11) is -2.87. The molecule has 7 aliphatic rings. The van der Waals surface area contributed by atoms with Crippen molar-refractivity contribution in [1.29, 1.82) is 0 Å². The topological polar surface area (TPSA) is 111 Å². The van der Waals surface area contributed by atoms with Gasteiger partial charge in [0.15, 0.2) is 9.84 Å². The van der Waals surface area contributed by atoms with E-state index in [0.29, 0.717) is 79.5 Å². The molecule has 1 saturated heterocycles. The van der Waals surface area contributed by atoms with Crippen molar-refractivity contribution in [3.05, 3.63) is 54.0 Å². The first kappa shape index (κ1) is 43.1. The Hall–Kier alpha value is -2.56. The summed E-state index contributed by atoms with van der Waals surface area (Å²) in [6, 6.07) is 1.74. The van der Waals surface area contributed by atoms with E-state index >= 15 is 0 Å². The monoisotopic (exact) mass is 831 g/mol. The summed E-state index contributed by atoms with van der Waals surface area (Å²) in [5, 5.41) is 4.23. The van der Waals surface area contributed by atoms with E-state index in [4.69, 9.17) is 9.47 Å². The lowest BCUT2D eigenvalue weighted by molar-refractivity contribution is -0.221. The molecule has 1 N–H and O–H groups in total. The smallest absolute Gasteiger partial charge is 0.315 e. The average Bonchev–Trinajstić information content (AvgIpc) is 3.59. The second kappa shape index (κ2) is 15.7. The number of nitrogens with zero attached hydrogens (tertiary/aromatic N) is 3. The van der Waals surface area contributed by atoms with Gasteiger partial charge in [0.05, 0.1) is 18.1 Å². The first-order valence-corrected chi connectivity index (χ1v) is 25.1. The number of ether oxygens (including phenoxy) is 2. The predicted molar refractivity (Wildman–Crippen MR) is 234 cm³/mol. The lowest BCUT2D eigenvalue weighted by Crippen LogP contribution is -2.68. The Labute approximate surface area is 356 Å². The second-order valence-corrected chi connectivity index (χ2v) is 23.9. The van der Waals surface area contributed by atoms with Crippen molar-refractivity contribution in [3.63, 3.8) is 0 Å². The van der Waals surface area contributed by atoms with Gasteiger partial charge in [0, 0.05) is 44.0 Å². The third-order valence-corrected chi connectivity index (χ3v) is 20.3. The highest BCUT2D eigenvalue weighted by Gasteiger charge is 2.70. The van der Waals surface area contributed by atoms with Gasteiger partial charge in [0.25, 0.3) is 0 Å². The summed E-state index contributed by atoms with van der Waals surface area (Å²) in [6.07, 6.45) is 21.5. The molecule has 0 amide bonds. The number of hydrogen-bond donors (Lipinski definition) is 1. The molecule has 0 radical (unpaired) electrons. The highest BCUT2D eigenvalue weighted by molar-refractivity contribution is 7.91. The highest BCUT2D eigenvalue weighted by Crippen LogP contribution is 2.76. The molecule has 8 rings (SSSR count). The van der Waals surface area contributed by atoms with Gasteiger partial charge in [-0.2, -0.15) is 0 Å². The summed E-state index contributed by atoms with van der Waals surface area (Å²) >= 11 is 0. The lowest BCUT2D eigenvalue weighted by atomic mass is 9.33. The zero-order chi connectivity index (χ0) is 42.1. The molecule has 0 spiro atoms. The Morgan fingerprint density at radius 2 is 1.73 bits per heavy atom. The minimum absolute atomic E-state index is 0.0278. The van der Waals surface area contributed by atoms with Crippen molar-refractivity contribution < 1.29 is 22.7 Å². The Morgan fingerprint density at radius 3 is 2.41 bits per heavy atom. The summed E-state index contributed by atoms with van der Waals surface area (Å²) in [5.74, 6) is 3.99. The molecule has 5 fully saturated rings. The molecule has 1 aromatic heterocycles. The van der Waals surface area contributed by atoms with Gasteiger partial charge < -0.3 is 19.7 Å². The van der Waals surface area contributed by atoms with Gasteiger partial charge in [0.2, 0.25) is 5.88 Å². The van der Waals surface area contributed by atoms with Gasteiger partial charge in [-0.3, -0.25) is 4.79 Å². The second-order valence-electron chi connectivity index (χ2n) is 21.6. The van der Waals surface area contributed by atoms with Gasteiger partial charge >= 0.3 is 5.97 Å². The van der Waals surface area contributed by atoms with E-state index in [1.807, 2.05) is 6.92 Å². The van der Waals surface area contributed by atoms with E-state index in [9.17, 15) is 13.2 Å². The summed E-state index contributed by atoms with van der Waals surface area (Å²) < 4.78 is 36.0. The number of sulfone groups is 1. The minimum atomic E-state index is -2.87. The zero-order valence-electron chi connectivity index (χ0n) is 37.4. The predicted octanol–water partition coefficient (Wildman–Crippen LogP) is 8.78. The molecule has 0 aromatic carbocycles. The Balaban J connectivity index is 1.01. The third-order valence-electron chi connectivity index (χ3n) is 18.7. The Morgan fingerprint density at radius 1 is 0.949 bits per heavy atom. The zero-order valence-corrected chi connectivity index (χ0v) is 38.2. The average molecular weight is 831 g/mol. The number of hydrogen-bond acceptors (Lipinski definition) is 9. The van der Waals surface area contributed by atoms with E-state index in [1.54, 1.807) is 12.3 Å². The summed E-state index contributed by atoms with van der Waals surface area (Å²) in [5.41, 5.74) is 4.49. The Bertz CT molecular complexity index is 1930. The number of esters is 1. The van der Waals surface area contributed by atoms with Gasteiger partial charge in [-0.25, -0.2) is 18.4 Å². The molecule has 1 aromatic rings. The van der Waals surface area contributed by atoms with Crippen molar-refractivity contribution in [3.8, 4) is 5.88 Å². The van der Waals surface area contributed by atoms with Crippen LogP contribution in [0.15, 0.2) is 54.0 Å². The fourth-order valence-corrected chi connectivity index (χ4v) is 16.7. The van der Waals surface area contributed by atoms with Gasteiger partial charge in [-0.05, 0) is 153 Å². The van der Waals surface area contributed by atoms with Crippen molar-refractivity contribution in [2.45, 2.75) is 131 Å². The van der Waals surface area contributed by atoms with Crippen LogP contribution in [-0.2, 0) is 19.4 Å². The quantitative estimate of drug-likeness (QED) is 0.173. The van der Waals surface area contributed by atoms with Crippen molar-refractivity contribution >= 4 is 15.8 Å². The molecule has 10 heteroatoms. The Kier molecular flexibility index (Phi) is 11.4. The van der Waals surface area contributed by atoms with Crippen LogP contribution in [-0.4, -0.2) is 85.7 Å². The summed E-state index contributed by atoms with van der Waals surface area (Å²) in [4.78, 5) is 24.1. The molecule has 59 heavy (non-hydrogen) atoms. The molecule has 326 valence electrons. The first-order valence-electron chi connectivity index (χ1n) is 23.2. The van der Waals surface area contributed by atoms with Crippen LogP contribution in [0, 0.1) is 56.7 Å². The van der Waals surface area contributed by atoms with Crippen LogP contribution in [0.4, 0.5) is 0 Å². The normalized spacial score (nSPS) is 41.2. The van der Waals surface area contributed by atoms with Crippen LogP contribution in [0.2, 0.25) is 0 Å². The van der Waals surface area contributed by atoms with Crippen molar-refractivity contribution in [1.82, 2.24) is 20.2 Å². The lowest BCUT2D eigenvalue weighted by Gasteiger charge is -2.72. The standard InChI is InChI=1S/C49H74N4O5S/c1-9-57-43(54)48(32-58-41-17-25-50-33-51-41)20-12-35(13-21-48)37-15-18-45(6)39(44(37,4)5)16-19-47(8)40(45)11-10-38-42-36(34(2)3)14-22-49(42,24-23-46(38,47)7)52-26-27-53-28-30-59(55,56)31-29-53/h12,15,17,25,33,36,38-40,42,52H,2,9-11,13-14,16,18-24,26-32H2,1,3-8H3/t36-,38+,39-,40+,42+,45-,46+,47+,48-,49-/m0/s1. The van der Waals surface area contributed by atoms with Crippen molar-refractivity contribution in [2.24, 2.45) is 56.7 Å². The maximum absolute atomic E-state index is 13.5. The largest absolute Gasteiger partial charge is 0.476 e. The molecule has 0 bridgehead atoms. The van der Waals surface area contributed by atoms with E-state index in [-0.39, 0.29) is 39.8 Å². The SMILES string of the molecule is C=C(C)[C@@H]1CC[C@]2(NCCN3CCS(=O)(=O)CC3)CC[C@]3(C)[C@H](CC[C@@H]4[C@@]5(C)CC=C(C6=CC[C@](COc7ccncn7)(C(=O)OCC)CC6)C(C)(C)[C@@H]5CC[C@]43C)[C@@H]12. The molecular weight excluding hydrogens is 757 g/mol. The number of carbonyl (C=O) groups is 1. The molecule has 2 heterocycles. The van der Waals surface area contributed by atoms with E-state index in [0.717, 1.165) is 25.9 Å². The number of nitrogens with one attached hydrogen (secondary N) is 1. The van der Waals surface area contributed by atoms with Crippen LogP contribution in [0.1, 0.15) is 126 Å². The van der Waals surface area contributed by atoms with Gasteiger partial charge in [-0.1, -0.05) is 58.9 Å². The minimum Gasteiger partial charge on any atom is -0.476 e. The van der Waals surface area contributed by atoms with E-state index < -0.39 is 15.3 Å². The molecule has 4 saturated carbocycles. The van der Waals surface area contributed by atoms with Crippen LogP contribution in [0.3, 0.4) is 0 Å². The molecule has 9 nitrogen and oxygen atoms in total. The maximum atomic E-state index is 13.5. The van der Waals surface area contributed by atoms with Crippen LogP contribution >= 0.6 is 0 Å². The van der Waals surface area contributed by atoms with Crippen LogP contribution < -0.4 is 10.1 Å². The number of fused-ring (bicyclic) bond motifs is 7. The first-order chi connectivity index (χ1) is 27.9. The van der Waals surface area contributed by atoms with E-state index in [1.165, 1.54) is 74.4 Å². The molecule has 6 aliphatic carbocycles. The molecule has 10 atom stereocenters. The van der Waals surface area contributed by atoms with Crippen LogP contribution in [0.25, 0.3) is 0 Å². The molecule has 1 aliphatic heterocycles.